The van der Waals surface area contributed by atoms with Gasteiger partial charge in [-0.05, 0) is 55.1 Å². The fourth-order valence-corrected chi connectivity index (χ4v) is 4.03. The van der Waals surface area contributed by atoms with Crippen molar-refractivity contribution in [3.05, 3.63) is 128 Å². The maximum absolute atomic E-state index is 8.55. The molecule has 0 atom stereocenters. The number of phosphoric acid groups is 1. The second kappa shape index (κ2) is 17.5. The number of hydrogen-bond acceptors (Lipinski definition) is 7. The second-order valence-electron chi connectivity index (χ2n) is 9.00. The van der Waals surface area contributed by atoms with Gasteiger partial charge in [-0.1, -0.05) is 54.6 Å². The summed E-state index contributed by atoms with van der Waals surface area (Å²) in [6.07, 6.45) is 11.7. The smallest absolute Gasteiger partial charge is 0.230 e. The van der Waals surface area contributed by atoms with E-state index in [0.29, 0.717) is 19.8 Å². The van der Waals surface area contributed by atoms with Crippen LogP contribution in [0.3, 0.4) is 0 Å². The van der Waals surface area contributed by atoms with Crippen molar-refractivity contribution < 1.29 is 47.9 Å². The molecule has 0 amide bonds. The molecule has 3 aromatic heterocycles. The Bertz CT molecular complexity index is 1600. The summed E-state index contributed by atoms with van der Waals surface area (Å²) in [6, 6.07) is 30.8. The lowest BCUT2D eigenvalue weighted by Crippen LogP contribution is -2.41. The van der Waals surface area contributed by atoms with Gasteiger partial charge in [0.2, 0.25) is 37.2 Å². The van der Waals surface area contributed by atoms with E-state index < -0.39 is 7.82 Å². The summed E-state index contributed by atoms with van der Waals surface area (Å²) in [5.74, 6) is 0. The van der Waals surface area contributed by atoms with Gasteiger partial charge in [-0.25, -0.2) is 0 Å². The van der Waals surface area contributed by atoms with E-state index in [1.165, 1.54) is 32.3 Å². The van der Waals surface area contributed by atoms with Crippen LogP contribution < -0.4 is 43.4 Å². The lowest BCUT2D eigenvalue weighted by Gasteiger charge is -2.36. The first-order valence-electron chi connectivity index (χ1n) is 14.0. The Morgan fingerprint density at radius 1 is 0.477 bits per heavy atom. The quantitative estimate of drug-likeness (QED) is 0.207. The number of nitrogens with zero attached hydrogens (tertiary/aromatic N) is 3. The molecule has 0 aliphatic heterocycles. The van der Waals surface area contributed by atoms with Crippen LogP contribution in [-0.4, -0.2) is 19.8 Å². The maximum atomic E-state index is 8.55. The van der Waals surface area contributed by atoms with Gasteiger partial charge in [-0.3, -0.25) is 14.5 Å². The van der Waals surface area contributed by atoms with Gasteiger partial charge in [0.25, 0.3) is 0 Å². The van der Waals surface area contributed by atoms with Gasteiger partial charge in [0, 0.05) is 32.4 Å². The standard InChI is InChI=1S/3C11H12NO.H3O4P/c3*1-2-13-12-8-7-10-5-3-4-6-11(10)9-12;1-5(2,3)4/h3*3-9H,2H2,1H3;(H3,1,2,3,4)/q3*+1;/p-3. The molecule has 10 nitrogen and oxygen atoms in total. The van der Waals surface area contributed by atoms with E-state index in [9.17, 15) is 0 Å². The minimum Gasteiger partial charge on any atom is -0.822 e. The van der Waals surface area contributed by atoms with Crippen molar-refractivity contribution in [2.75, 3.05) is 19.8 Å². The average molecular weight is 618 g/mol. The minimum atomic E-state index is -5.39. The number of benzene rings is 3. The van der Waals surface area contributed by atoms with E-state index >= 15 is 0 Å². The van der Waals surface area contributed by atoms with Gasteiger partial charge in [0.1, 0.15) is 0 Å². The van der Waals surface area contributed by atoms with Crippen molar-refractivity contribution in [2.45, 2.75) is 20.8 Å². The zero-order valence-corrected chi connectivity index (χ0v) is 25.8. The molecule has 230 valence electrons. The molecular weight excluding hydrogens is 581 g/mol. The van der Waals surface area contributed by atoms with Crippen LogP contribution in [-0.2, 0) is 4.57 Å². The third kappa shape index (κ3) is 11.9. The van der Waals surface area contributed by atoms with Crippen LogP contribution in [0.15, 0.2) is 128 Å². The topological polar surface area (TPSA) is 126 Å². The number of aromatic nitrogens is 3. The predicted octanol–water partition coefficient (Wildman–Crippen LogP) is 1.90. The molecule has 0 saturated carbocycles. The highest BCUT2D eigenvalue weighted by atomic mass is 31.2. The van der Waals surface area contributed by atoms with E-state index in [1.54, 1.807) is 14.2 Å². The first-order chi connectivity index (χ1) is 21.2. The summed E-state index contributed by atoms with van der Waals surface area (Å²) in [5, 5.41) is 7.28. The van der Waals surface area contributed by atoms with E-state index in [0.717, 1.165) is 0 Å². The molecule has 0 radical (unpaired) electrons. The highest BCUT2D eigenvalue weighted by Crippen LogP contribution is 2.10. The highest BCUT2D eigenvalue weighted by molar-refractivity contribution is 7.40. The van der Waals surface area contributed by atoms with Gasteiger partial charge in [0.15, 0.2) is 19.8 Å². The number of pyridine rings is 3. The number of fused-ring (bicyclic) bond motifs is 3. The van der Waals surface area contributed by atoms with Crippen molar-refractivity contribution in [1.29, 1.82) is 0 Å². The normalized spacial score (nSPS) is 10.4. The third-order valence-electron chi connectivity index (χ3n) is 5.82. The van der Waals surface area contributed by atoms with Crippen molar-refractivity contribution in [1.82, 2.24) is 0 Å². The molecule has 6 aromatic rings. The first kappa shape index (κ1) is 33.9. The molecule has 3 heterocycles. The van der Waals surface area contributed by atoms with Crippen molar-refractivity contribution in [2.24, 2.45) is 0 Å². The Morgan fingerprint density at radius 2 is 0.705 bits per heavy atom. The lowest BCUT2D eigenvalue weighted by molar-refractivity contribution is -0.890. The molecule has 6 rings (SSSR count). The van der Waals surface area contributed by atoms with E-state index in [2.05, 4.69) is 36.4 Å². The zero-order valence-electron chi connectivity index (χ0n) is 24.9. The molecule has 3 aromatic carbocycles. The molecule has 0 aliphatic rings. The Morgan fingerprint density at radius 3 is 0.932 bits per heavy atom. The molecule has 0 fully saturated rings. The summed E-state index contributed by atoms with van der Waals surface area (Å²) in [5.41, 5.74) is 0. The van der Waals surface area contributed by atoms with Gasteiger partial charge >= 0.3 is 0 Å². The Labute approximate surface area is 256 Å². The molecule has 0 saturated heterocycles. The summed E-state index contributed by atoms with van der Waals surface area (Å²) in [6.45, 7) is 7.97. The van der Waals surface area contributed by atoms with E-state index in [4.69, 9.17) is 33.8 Å². The van der Waals surface area contributed by atoms with Crippen LogP contribution in [0.25, 0.3) is 32.3 Å². The molecule has 44 heavy (non-hydrogen) atoms. The van der Waals surface area contributed by atoms with Gasteiger partial charge in [-0.2, -0.15) is 7.82 Å². The highest BCUT2D eigenvalue weighted by Gasteiger charge is 2.03. The van der Waals surface area contributed by atoms with Crippen LogP contribution in [0, 0.1) is 0 Å². The van der Waals surface area contributed by atoms with Crippen molar-refractivity contribution >= 4 is 40.1 Å². The SMILES string of the molecule is CCO[n+]1ccc2ccccc2c1.CCO[n+]1ccc2ccccc2c1.CCO[n+]1ccc2ccccc2c1.O=P([O-])([O-])[O-]. The van der Waals surface area contributed by atoms with Crippen LogP contribution in [0.4, 0.5) is 0 Å². The van der Waals surface area contributed by atoms with Gasteiger partial charge in [-0.15, -0.1) is 0 Å². The third-order valence-corrected chi connectivity index (χ3v) is 5.82. The van der Waals surface area contributed by atoms with Gasteiger partial charge < -0.3 is 19.2 Å². The lowest BCUT2D eigenvalue weighted by atomic mass is 10.2. The maximum Gasteiger partial charge on any atom is 0.230 e. The van der Waals surface area contributed by atoms with Crippen LogP contribution in [0.5, 0.6) is 0 Å². The number of rotatable bonds is 6. The van der Waals surface area contributed by atoms with Gasteiger partial charge in [0.05, 0.1) is 16.2 Å². The molecule has 0 bridgehead atoms. The summed E-state index contributed by atoms with van der Waals surface area (Å²) in [7, 11) is -5.39. The zero-order chi connectivity index (χ0) is 31.8. The molecule has 0 aliphatic carbocycles. The van der Waals surface area contributed by atoms with Crippen molar-refractivity contribution in [3.8, 4) is 0 Å². The molecular formula is C33H36N3O7P. The Balaban J connectivity index is 0.000000168. The second-order valence-corrected chi connectivity index (χ2v) is 9.90. The van der Waals surface area contributed by atoms with Crippen LogP contribution >= 0.6 is 7.82 Å². The summed E-state index contributed by atoms with van der Waals surface area (Å²) < 4.78 is 13.8. The van der Waals surface area contributed by atoms with E-state index in [-0.39, 0.29) is 0 Å². The largest absolute Gasteiger partial charge is 0.822 e. The number of hydrogen-bond donors (Lipinski definition) is 0. The monoisotopic (exact) mass is 617 g/mol. The summed E-state index contributed by atoms with van der Waals surface area (Å²) in [4.78, 5) is 41.6. The Kier molecular flexibility index (Phi) is 13.5. The molecule has 0 spiro atoms. The molecule has 0 N–H and O–H groups in total. The van der Waals surface area contributed by atoms with E-state index in [1.807, 2.05) is 113 Å². The fourth-order valence-electron chi connectivity index (χ4n) is 4.03. The molecule has 0 unspecified atom stereocenters. The fraction of sp³-hybridized carbons (Fsp3) is 0.182. The average Bonchev–Trinajstić information content (AvgIpc) is 3.01. The predicted molar refractivity (Wildman–Crippen MR) is 161 cm³/mol. The van der Waals surface area contributed by atoms with Crippen LogP contribution in [0.2, 0.25) is 0 Å². The molecule has 11 heteroatoms. The first-order valence-corrected chi connectivity index (χ1v) is 15.5. The van der Waals surface area contributed by atoms with Crippen molar-refractivity contribution in [3.63, 3.8) is 0 Å². The Hall–Kier alpha value is -4.60. The summed E-state index contributed by atoms with van der Waals surface area (Å²) >= 11 is 0. The minimum absolute atomic E-state index is 0.684. The van der Waals surface area contributed by atoms with Crippen LogP contribution in [0.1, 0.15) is 20.8 Å².